The summed E-state index contributed by atoms with van der Waals surface area (Å²) in [5.41, 5.74) is 0. The number of nitrogens with one attached hydrogen (secondary N) is 5. The molecule has 382 valence electrons. The van der Waals surface area contributed by atoms with E-state index in [2.05, 4.69) is 37.7 Å². The van der Waals surface area contributed by atoms with Gasteiger partial charge in [0.2, 0.25) is 27.4 Å². The van der Waals surface area contributed by atoms with Gasteiger partial charge in [0, 0.05) is 84.4 Å². The van der Waals surface area contributed by atoms with Gasteiger partial charge in [-0.25, -0.2) is 8.32 Å². The van der Waals surface area contributed by atoms with Gasteiger partial charge in [0.25, 0.3) is 0 Å². The molecular weight excluding hydrogens is 1100 g/mol. The first kappa shape index (κ1) is 67.3. The molecule has 0 heterocycles. The maximum Gasteiger partial charge on any atom is 0.326 e. The number of halogens is 2. The molecule has 0 unspecified atom stereocenters. The van der Waals surface area contributed by atoms with Crippen molar-refractivity contribution in [3.8, 4) is 0 Å². The average molecular weight is 1180 g/mol. The summed E-state index contributed by atoms with van der Waals surface area (Å²) >= 11 is 6.27. The molecule has 0 aromatic heterocycles. The fourth-order valence-corrected chi connectivity index (χ4v) is 7.54. The van der Waals surface area contributed by atoms with Crippen molar-refractivity contribution in [2.24, 2.45) is 0 Å². The molecule has 22 heteroatoms. The first-order chi connectivity index (χ1) is 31.5. The summed E-state index contributed by atoms with van der Waals surface area (Å²) in [7, 11) is 0. The highest BCUT2D eigenvalue weighted by atomic mass is 127. The van der Waals surface area contributed by atoms with Gasteiger partial charge in [-0.05, 0) is 51.4 Å². The van der Waals surface area contributed by atoms with Crippen molar-refractivity contribution in [3.63, 3.8) is 0 Å². The first-order valence-corrected chi connectivity index (χ1v) is 25.6. The number of aliphatic carboxylic acids is 2. The molecule has 0 saturated carbocycles. The lowest BCUT2D eigenvalue weighted by molar-refractivity contribution is -0.142. The molecule has 2 atom stereocenters. The van der Waals surface area contributed by atoms with Gasteiger partial charge in [-0.3, -0.25) is 28.8 Å². The van der Waals surface area contributed by atoms with E-state index in [1.54, 1.807) is 22.6 Å². The van der Waals surface area contributed by atoms with E-state index in [1.165, 1.54) is 44.9 Å². The Kier molecular flexibility index (Phi) is 54.9. The summed E-state index contributed by atoms with van der Waals surface area (Å²) < 4.78 is 31.0. The molecule has 0 aliphatic carbocycles. The van der Waals surface area contributed by atoms with Gasteiger partial charge in [0.15, 0.2) is 0 Å². The molecule has 0 aliphatic rings. The third-order valence-corrected chi connectivity index (χ3v) is 10.8. The minimum atomic E-state index is -1.18. The second kappa shape index (κ2) is 53.0. The van der Waals surface area contributed by atoms with Crippen LogP contribution in [0.4, 0.5) is 0 Å². The highest BCUT2D eigenvalue weighted by Gasteiger charge is 2.21. The quantitative estimate of drug-likeness (QED) is 0.00854. The highest BCUT2D eigenvalue weighted by molar-refractivity contribution is 14.1. The molecule has 0 saturated heterocycles. The van der Waals surface area contributed by atoms with E-state index in [-0.39, 0.29) is 125 Å². The van der Waals surface area contributed by atoms with Crippen LogP contribution >= 0.6 is 58.4 Å². The number of unbranched alkanes of at least 4 members (excludes halogenated alkanes) is 14. The Morgan fingerprint density at radius 1 is 0.477 bits per heavy atom. The number of amides is 4. The largest absolute Gasteiger partial charge is 0.481 e. The van der Waals surface area contributed by atoms with E-state index in [0.29, 0.717) is 19.4 Å². The number of carbonyl (C=O) groups is 7. The smallest absolute Gasteiger partial charge is 0.326 e. The van der Waals surface area contributed by atoms with Crippen LogP contribution in [0.3, 0.4) is 0 Å². The van der Waals surface area contributed by atoms with Crippen molar-refractivity contribution < 1.29 is 67.3 Å². The Labute approximate surface area is 420 Å². The molecule has 0 fully saturated rings. The van der Waals surface area contributed by atoms with Gasteiger partial charge >= 0.3 is 11.9 Å². The standard InChI is InChI=1S/C41H73I2N5O13.C2H6.H2OS/c42-40(55)33(48-43)17-15-16-22-44-37(51)31-60-29-28-59-26-24-46-38(52)32-61-30-27-58-25-23-45-35(49)21-20-34(41(56)57)47-36(50)18-13-11-9-7-5-3-1-2-4-6-8-10-12-14-19-39(53)54;2*1-2/h33-34,48H,1-32H2,(H,44,51)(H,45,49)(H,46,52)(H,47,50)(H,53,54)(H,56,57);1-2H3;1-2H/t33-,34-;;/m0../s1. The zero-order chi connectivity index (χ0) is 49.2. The van der Waals surface area contributed by atoms with Gasteiger partial charge < -0.3 is 55.0 Å². The number of hydrogen-bond acceptors (Lipinski definition) is 14. The van der Waals surface area contributed by atoms with Crippen molar-refractivity contribution in [2.45, 2.75) is 161 Å². The van der Waals surface area contributed by atoms with Crippen LogP contribution in [0.5, 0.6) is 0 Å². The van der Waals surface area contributed by atoms with Crippen LogP contribution in [0.15, 0.2) is 0 Å². The molecule has 0 aromatic rings. The molecule has 0 bridgehead atoms. The second-order valence-corrected chi connectivity index (χ2v) is 16.4. The van der Waals surface area contributed by atoms with E-state index in [4.69, 9.17) is 28.6 Å². The van der Waals surface area contributed by atoms with Crippen molar-refractivity contribution >= 4 is 97.7 Å². The molecule has 0 aromatic carbocycles. The zero-order valence-corrected chi connectivity index (χ0v) is 44.0. The third-order valence-electron chi connectivity index (χ3n) is 9.33. The molecule has 4 amide bonds. The molecule has 0 radical (unpaired) electrons. The van der Waals surface area contributed by atoms with Crippen LogP contribution in [0.1, 0.15) is 149 Å². The van der Waals surface area contributed by atoms with Crippen molar-refractivity contribution in [3.05, 3.63) is 0 Å². The van der Waals surface area contributed by atoms with E-state index in [1.807, 2.05) is 36.7 Å². The Hall–Kier alpha value is -1.94. The van der Waals surface area contributed by atoms with Crippen molar-refractivity contribution in [1.29, 1.82) is 0 Å². The molecule has 65 heavy (non-hydrogen) atoms. The molecule has 0 aliphatic heterocycles. The summed E-state index contributed by atoms with van der Waals surface area (Å²) in [5.74, 6) is -3.12. The fraction of sp³-hybridized carbons (Fsp3) is 0.837. The monoisotopic (exact) mass is 1180 g/mol. The van der Waals surface area contributed by atoms with E-state index < -0.39 is 18.0 Å². The molecular formula is C43H81I2N5O14S. The van der Waals surface area contributed by atoms with Gasteiger partial charge in [0.1, 0.15) is 19.3 Å². The predicted molar refractivity (Wildman–Crippen MR) is 269 cm³/mol. The van der Waals surface area contributed by atoms with Gasteiger partial charge in [-0.1, -0.05) is 90.9 Å². The van der Waals surface area contributed by atoms with Crippen molar-refractivity contribution in [1.82, 2.24) is 24.8 Å². The van der Waals surface area contributed by atoms with Crippen molar-refractivity contribution in [2.75, 3.05) is 72.5 Å². The van der Waals surface area contributed by atoms with Crippen LogP contribution in [0.2, 0.25) is 0 Å². The van der Waals surface area contributed by atoms with E-state index in [9.17, 15) is 38.7 Å². The SMILES string of the molecule is CC.O=C(O)CCCCCCCCCCCCCCCCC(=O)N[C@@H](CCC(=O)NCCOCCOCC(=O)NCCOCCOCC(=O)NCCCC[C@H](NI)C(=O)I)C(=O)O.OS. The van der Waals surface area contributed by atoms with Gasteiger partial charge in [-0.2, -0.15) is 0 Å². The average Bonchev–Trinajstić information content (AvgIpc) is 3.28. The number of rotatable bonds is 45. The summed E-state index contributed by atoms with van der Waals surface area (Å²) in [6.45, 7) is 6.10. The Morgan fingerprint density at radius 3 is 1.32 bits per heavy atom. The molecule has 19 nitrogen and oxygen atoms in total. The number of carboxylic acids is 2. The fourth-order valence-electron chi connectivity index (χ4n) is 5.88. The second-order valence-electron chi connectivity index (χ2n) is 14.7. The molecule has 0 rings (SSSR count). The third kappa shape index (κ3) is 51.3. The molecule has 8 N–H and O–H groups in total. The molecule has 0 spiro atoms. The van der Waals surface area contributed by atoms with Crippen LogP contribution in [-0.4, -0.2) is 139 Å². The predicted octanol–water partition coefficient (Wildman–Crippen LogP) is 5.93. The lowest BCUT2D eigenvalue weighted by atomic mass is 10.0. The summed E-state index contributed by atoms with van der Waals surface area (Å²) in [6, 6.07) is -1.32. The lowest BCUT2D eigenvalue weighted by Crippen LogP contribution is -2.41. The maximum absolute atomic E-state index is 12.3. The minimum Gasteiger partial charge on any atom is -0.481 e. The maximum atomic E-state index is 12.3. The Bertz CT molecular complexity index is 1220. The Balaban J connectivity index is -0.00000932. The number of carbonyl (C=O) groups excluding carboxylic acids is 5. The number of ether oxygens (including phenoxy) is 4. The van der Waals surface area contributed by atoms with Gasteiger partial charge in [0.05, 0.1) is 45.7 Å². The summed E-state index contributed by atoms with van der Waals surface area (Å²) in [4.78, 5) is 81.8. The topological polar surface area (TPSA) is 277 Å². The first-order valence-electron chi connectivity index (χ1n) is 23.1. The van der Waals surface area contributed by atoms with E-state index >= 15 is 0 Å². The van der Waals surface area contributed by atoms with E-state index in [0.717, 1.165) is 51.4 Å². The van der Waals surface area contributed by atoms with Crippen LogP contribution in [0.25, 0.3) is 0 Å². The van der Waals surface area contributed by atoms with Crippen LogP contribution in [-0.2, 0) is 52.5 Å². The van der Waals surface area contributed by atoms with Crippen LogP contribution in [0, 0.1) is 0 Å². The number of carboxylic acid groups (broad SMARTS) is 2. The number of thiol groups is 1. The lowest BCUT2D eigenvalue weighted by Gasteiger charge is -2.14. The normalized spacial score (nSPS) is 11.5. The summed E-state index contributed by atoms with van der Waals surface area (Å²) in [6.07, 6.45) is 17.8. The number of hydrogen-bond donors (Lipinski definition) is 9. The highest BCUT2D eigenvalue weighted by Crippen LogP contribution is 2.14. The summed E-state index contributed by atoms with van der Waals surface area (Å²) in [5, 5.41) is 28.8. The minimum absolute atomic E-state index is 0.0261. The van der Waals surface area contributed by atoms with Crippen LogP contribution < -0.4 is 24.8 Å². The van der Waals surface area contributed by atoms with Gasteiger partial charge in [-0.15, -0.1) is 0 Å². The zero-order valence-electron chi connectivity index (χ0n) is 38.8. The Morgan fingerprint density at radius 2 is 0.892 bits per heavy atom.